The summed E-state index contributed by atoms with van der Waals surface area (Å²) in [5, 5.41) is 28.4. The number of thiophene rings is 4. The van der Waals surface area contributed by atoms with E-state index in [0.717, 1.165) is 182 Å². The number of hydrogen-bond acceptors (Lipinski definition) is 11. The Labute approximate surface area is 692 Å². The zero-order valence-electron chi connectivity index (χ0n) is 64.5. The maximum atomic E-state index is 15.4. The highest BCUT2D eigenvalue weighted by molar-refractivity contribution is 7.35. The standard InChI is InChI=1S/C92H94Cl4N8O2S5/c1-9-15-19-21-23-25-27-29-31-35-59-73(49-65-75(71(51-97)99-7)61-41-55-45-67(93)69(95)47-57(55)43-63(61)85(65)105)107-91-83-89(109-87(59)91)77-79-80(102-111-101-79)78-82(81(77)103(83)39-37-53(13-5)33-17-11-3)104(40-38-54(14-6)34-18-12-4)84-90(78)110-88-60(36-32-30-28-26-24-22-20-16-10-2)74(108-92(84)88)50-66-76(72(52-98)100-8)62-42-56-46-68(94)70(96)48-58(56)44-64(62)86(66)106/h41-50,53-54H,9-40H2,1-6H3/b65-49-,66-50-,75-71-,76-72+. The molecule has 19 heteroatoms. The van der Waals surface area contributed by atoms with E-state index >= 15 is 9.59 Å². The molecule has 12 aromatic rings. The first-order valence-corrected chi connectivity index (χ1v) is 46.2. The summed E-state index contributed by atoms with van der Waals surface area (Å²) in [5.74, 6) is 0.521. The lowest BCUT2D eigenvalue weighted by Gasteiger charge is -2.18. The van der Waals surface area contributed by atoms with Crippen molar-refractivity contribution >= 4 is 232 Å². The molecule has 2 aliphatic rings. The summed E-state index contributed by atoms with van der Waals surface area (Å²) in [6.07, 6.45) is 37.9. The third-order valence-electron chi connectivity index (χ3n) is 23.7. The van der Waals surface area contributed by atoms with Gasteiger partial charge in [-0.15, -0.1) is 45.3 Å². The number of halogens is 4. The Morgan fingerprint density at radius 1 is 0.441 bits per heavy atom. The van der Waals surface area contributed by atoms with Crippen molar-refractivity contribution in [2.75, 3.05) is 0 Å². The molecule has 5 aromatic carbocycles. The van der Waals surface area contributed by atoms with Gasteiger partial charge < -0.3 is 9.13 Å². The molecular formula is C92H94Cl4N8O2S5. The summed E-state index contributed by atoms with van der Waals surface area (Å²) < 4.78 is 23.4. The lowest BCUT2D eigenvalue weighted by Crippen LogP contribution is -2.08. The summed E-state index contributed by atoms with van der Waals surface area (Å²) in [6.45, 7) is 32.2. The Balaban J connectivity index is 1.02. The largest absolute Gasteiger partial charge is 0.337 e. The zero-order chi connectivity index (χ0) is 77.7. The second-order valence-corrected chi connectivity index (χ2v) is 37.0. The second kappa shape index (κ2) is 36.1. The minimum absolute atomic E-state index is 0.132. The minimum atomic E-state index is -0.230. The van der Waals surface area contributed by atoms with Crippen LogP contribution in [0.3, 0.4) is 0 Å². The molecule has 2 aliphatic carbocycles. The Hall–Kier alpha value is -7.22. The van der Waals surface area contributed by atoms with Gasteiger partial charge in [0.25, 0.3) is 11.4 Å². The van der Waals surface area contributed by atoms with Crippen LogP contribution in [0, 0.1) is 47.6 Å². The first-order valence-electron chi connectivity index (χ1n) is 40.7. The molecule has 2 unspecified atom stereocenters. The SMILES string of the molecule is [C-]#[N+]/C(C#N)=C1\C(=C\c2sc3c(sc4c5c6nsnc6c6c7sc8c(CCCCCCCCCCC)c(/C=C9\C(=O)c%10cc%11cc(Cl)c(Cl)cc%11cc%10\C9=C(\C#N)[N+]#[C-])sc8c7n(CCC(CC)CCCC)c6c5n(CCC(CC)CCCC)c34)c2CCCCCCCCCCC)C(=O)c2cc3cc(Cl)c(Cl)cc3cc21. The maximum absolute atomic E-state index is 15.4. The van der Waals surface area contributed by atoms with Crippen LogP contribution >= 0.6 is 103 Å². The van der Waals surface area contributed by atoms with Crippen LogP contribution in [0.2, 0.25) is 20.1 Å². The van der Waals surface area contributed by atoms with Crippen LogP contribution in [0.25, 0.3) is 127 Å². The van der Waals surface area contributed by atoms with E-state index in [9.17, 15) is 10.5 Å². The second-order valence-electron chi connectivity index (χ2n) is 30.7. The van der Waals surface area contributed by atoms with Crippen LogP contribution in [-0.2, 0) is 25.9 Å². The van der Waals surface area contributed by atoms with Crippen molar-refractivity contribution in [2.24, 2.45) is 11.8 Å². The number of benzene rings is 5. The first-order chi connectivity index (χ1) is 54.2. The lowest BCUT2D eigenvalue weighted by molar-refractivity contribution is 0.103. The third-order valence-corrected chi connectivity index (χ3v) is 30.8. The summed E-state index contributed by atoms with van der Waals surface area (Å²) >= 11 is 35.0. The fraction of sp³-hybridized carbons (Fsp3) is 0.435. The van der Waals surface area contributed by atoms with Crippen LogP contribution in [0.15, 0.2) is 71.1 Å². The van der Waals surface area contributed by atoms with E-state index in [0.29, 0.717) is 76.5 Å². The Kier molecular flexibility index (Phi) is 26.1. The van der Waals surface area contributed by atoms with Crippen LogP contribution in [-0.4, -0.2) is 29.4 Å². The Morgan fingerprint density at radius 3 is 1.12 bits per heavy atom. The van der Waals surface area contributed by atoms with E-state index in [-0.39, 0.29) is 23.0 Å². The maximum Gasteiger partial charge on any atom is 0.270 e. The highest BCUT2D eigenvalue weighted by atomic mass is 35.5. The molecule has 7 heterocycles. The van der Waals surface area contributed by atoms with E-state index in [2.05, 4.69) is 72.5 Å². The smallest absolute Gasteiger partial charge is 0.270 e. The summed E-state index contributed by atoms with van der Waals surface area (Å²) in [7, 11) is 0. The molecule has 14 rings (SSSR count). The minimum Gasteiger partial charge on any atom is -0.337 e. The van der Waals surface area contributed by atoms with E-state index in [1.807, 2.05) is 59.1 Å². The van der Waals surface area contributed by atoms with Gasteiger partial charge in [0.2, 0.25) is 0 Å². The Morgan fingerprint density at radius 2 is 0.784 bits per heavy atom. The highest BCUT2D eigenvalue weighted by Gasteiger charge is 2.38. The molecule has 0 radical (unpaired) electrons. The molecule has 0 fully saturated rings. The summed E-state index contributed by atoms with van der Waals surface area (Å²) in [4.78, 5) is 40.3. The van der Waals surface area contributed by atoms with E-state index < -0.39 is 0 Å². The fourth-order valence-corrected chi connectivity index (χ4v) is 24.7. The number of hydrogen-bond donors (Lipinski definition) is 0. The number of Topliss-reactive ketones (excluding diaryl/α,β-unsaturated/α-hetero) is 2. The summed E-state index contributed by atoms with van der Waals surface area (Å²) in [6, 6.07) is 19.0. The van der Waals surface area contributed by atoms with Gasteiger partial charge in [0.1, 0.15) is 11.0 Å². The number of allylic oxidation sites excluding steroid dienone is 6. The van der Waals surface area contributed by atoms with Crippen molar-refractivity contribution < 1.29 is 9.59 Å². The number of ketones is 2. The molecule has 572 valence electrons. The number of fused-ring (bicyclic) bond motifs is 18. The van der Waals surface area contributed by atoms with E-state index in [1.165, 1.54) is 150 Å². The van der Waals surface area contributed by atoms with Crippen molar-refractivity contribution in [3.8, 4) is 12.1 Å². The van der Waals surface area contributed by atoms with Crippen molar-refractivity contribution in [1.29, 1.82) is 10.5 Å². The molecule has 0 saturated carbocycles. The van der Waals surface area contributed by atoms with Crippen LogP contribution < -0.4 is 0 Å². The molecule has 0 aliphatic heterocycles. The molecule has 2 atom stereocenters. The number of carbonyl (C=O) groups excluding carboxylic acids is 2. The number of aryl methyl sites for hydroxylation is 4. The highest BCUT2D eigenvalue weighted by Crippen LogP contribution is 2.57. The van der Waals surface area contributed by atoms with Gasteiger partial charge in [0, 0.05) is 67.0 Å². The zero-order valence-corrected chi connectivity index (χ0v) is 71.6. The van der Waals surface area contributed by atoms with Gasteiger partial charge >= 0.3 is 0 Å². The summed E-state index contributed by atoms with van der Waals surface area (Å²) in [5.41, 5.74) is 12.0. The molecule has 0 N–H and O–H groups in total. The van der Waals surface area contributed by atoms with Crippen molar-refractivity contribution in [3.63, 3.8) is 0 Å². The molecule has 7 aromatic heterocycles. The van der Waals surface area contributed by atoms with Crippen molar-refractivity contribution in [2.45, 2.75) is 247 Å². The average Bonchev–Trinajstić information content (AvgIpc) is 1.50. The first kappa shape index (κ1) is 80.4. The van der Waals surface area contributed by atoms with Gasteiger partial charge in [-0.05, 0) is 155 Å². The average molecular weight is 1650 g/mol. The number of unbranched alkanes of at least 4 members (excludes halogenated alkanes) is 18. The molecular weight excluding hydrogens is 1550 g/mol. The predicted molar refractivity (Wildman–Crippen MR) is 478 cm³/mol. The van der Waals surface area contributed by atoms with Gasteiger partial charge in [0.05, 0.1) is 107 Å². The molecule has 0 bridgehead atoms. The van der Waals surface area contributed by atoms with Gasteiger partial charge in [-0.2, -0.15) is 8.75 Å². The molecule has 0 spiro atoms. The quantitative estimate of drug-likeness (QED) is 0.0167. The Bertz CT molecular complexity index is 5580. The predicted octanol–water partition coefficient (Wildman–Crippen LogP) is 31.6. The van der Waals surface area contributed by atoms with E-state index in [4.69, 9.17) is 68.3 Å². The molecule has 10 nitrogen and oxygen atoms in total. The van der Waals surface area contributed by atoms with Crippen molar-refractivity contribution in [1.82, 2.24) is 17.9 Å². The number of nitriles is 2. The van der Waals surface area contributed by atoms with Crippen LogP contribution in [0.4, 0.5) is 0 Å². The van der Waals surface area contributed by atoms with Crippen LogP contribution in [0.1, 0.15) is 274 Å². The van der Waals surface area contributed by atoms with E-state index in [1.54, 1.807) is 46.9 Å². The number of aromatic nitrogens is 4. The number of rotatable bonds is 36. The van der Waals surface area contributed by atoms with Crippen molar-refractivity contribution in [3.05, 3.63) is 157 Å². The van der Waals surface area contributed by atoms with Gasteiger partial charge in [-0.1, -0.05) is 242 Å². The molecule has 0 amide bonds. The van der Waals surface area contributed by atoms with Gasteiger partial charge in [-0.3, -0.25) is 9.59 Å². The normalized spacial score (nSPS) is 15.4. The lowest BCUT2D eigenvalue weighted by atomic mass is 9.96. The molecule has 0 saturated heterocycles. The fourth-order valence-electron chi connectivity index (χ4n) is 17.6. The molecule has 111 heavy (non-hydrogen) atoms. The van der Waals surface area contributed by atoms with Gasteiger partial charge in [-0.25, -0.2) is 20.2 Å². The number of carbonyl (C=O) groups is 2. The third kappa shape index (κ3) is 15.6. The van der Waals surface area contributed by atoms with Crippen LogP contribution in [0.5, 0.6) is 0 Å². The topological polar surface area (TPSA) is 126 Å². The monoisotopic (exact) mass is 1640 g/mol. The number of nitrogens with zero attached hydrogens (tertiary/aromatic N) is 8. The van der Waals surface area contributed by atoms with Gasteiger partial charge in [0.15, 0.2) is 11.6 Å².